The lowest BCUT2D eigenvalue weighted by Crippen LogP contribution is -2.36. The van der Waals surface area contributed by atoms with E-state index in [9.17, 15) is 0 Å². The van der Waals surface area contributed by atoms with Crippen molar-refractivity contribution in [3.63, 3.8) is 0 Å². The first kappa shape index (κ1) is 19.2. The van der Waals surface area contributed by atoms with Crippen molar-refractivity contribution in [2.45, 2.75) is 31.7 Å². The van der Waals surface area contributed by atoms with Gasteiger partial charge < -0.3 is 14.4 Å². The van der Waals surface area contributed by atoms with Gasteiger partial charge in [-0.25, -0.2) is 9.97 Å². The van der Waals surface area contributed by atoms with Gasteiger partial charge in [0.15, 0.2) is 0 Å². The van der Waals surface area contributed by atoms with E-state index in [1.165, 1.54) is 12.2 Å². The fourth-order valence-corrected chi connectivity index (χ4v) is 4.32. The molecule has 0 N–H and O–H groups in total. The van der Waals surface area contributed by atoms with E-state index >= 15 is 0 Å². The van der Waals surface area contributed by atoms with Crippen molar-refractivity contribution in [2.75, 3.05) is 38.6 Å². The second kappa shape index (κ2) is 8.50. The first-order valence-corrected chi connectivity index (χ1v) is 10.5. The summed E-state index contributed by atoms with van der Waals surface area (Å²) in [5.41, 5.74) is 0.883. The maximum absolute atomic E-state index is 6.37. The van der Waals surface area contributed by atoms with Crippen LogP contribution in [0.1, 0.15) is 31.0 Å². The van der Waals surface area contributed by atoms with Crippen LogP contribution in [0.25, 0.3) is 10.9 Å². The Hall–Kier alpha value is -2.11. The summed E-state index contributed by atoms with van der Waals surface area (Å²) in [5, 5.41) is 1.80. The van der Waals surface area contributed by atoms with Crippen LogP contribution in [0.5, 0.6) is 0 Å². The molecule has 0 radical (unpaired) electrons. The molecule has 28 heavy (non-hydrogen) atoms. The van der Waals surface area contributed by atoms with Crippen LogP contribution in [0.3, 0.4) is 0 Å². The summed E-state index contributed by atoms with van der Waals surface area (Å²) in [7, 11) is 4.24. The molecule has 0 amide bonds. The molecule has 6 heteroatoms. The molecule has 1 fully saturated rings. The Balaban J connectivity index is 1.51. The molecule has 3 aromatic rings. The molecule has 0 unspecified atom stereocenters. The van der Waals surface area contributed by atoms with Crippen molar-refractivity contribution in [1.82, 2.24) is 19.4 Å². The number of hydrogen-bond donors (Lipinski definition) is 0. The van der Waals surface area contributed by atoms with Crippen molar-refractivity contribution < 1.29 is 0 Å². The van der Waals surface area contributed by atoms with Crippen LogP contribution in [0.15, 0.2) is 42.7 Å². The monoisotopic (exact) mass is 397 g/mol. The van der Waals surface area contributed by atoms with Crippen molar-refractivity contribution in [2.24, 2.45) is 0 Å². The topological polar surface area (TPSA) is 37.2 Å². The summed E-state index contributed by atoms with van der Waals surface area (Å²) >= 11 is 6.37. The highest BCUT2D eigenvalue weighted by Gasteiger charge is 2.25. The maximum Gasteiger partial charge on any atom is 0.129 e. The molecular formula is C22H28ClN5. The zero-order chi connectivity index (χ0) is 19.5. The quantitative estimate of drug-likeness (QED) is 0.617. The highest BCUT2D eigenvalue weighted by Crippen LogP contribution is 2.30. The van der Waals surface area contributed by atoms with E-state index in [1.54, 1.807) is 0 Å². The Bertz CT molecular complexity index is 936. The van der Waals surface area contributed by atoms with Crippen LogP contribution in [-0.2, 0) is 6.54 Å². The number of rotatable bonds is 6. The molecule has 0 aliphatic carbocycles. The predicted octanol–water partition coefficient (Wildman–Crippen LogP) is 4.42. The van der Waals surface area contributed by atoms with Gasteiger partial charge in [0, 0.05) is 43.3 Å². The number of halogens is 1. The van der Waals surface area contributed by atoms with Gasteiger partial charge in [-0.05, 0) is 58.1 Å². The van der Waals surface area contributed by atoms with Crippen molar-refractivity contribution in [1.29, 1.82) is 0 Å². The minimum absolute atomic E-state index is 0.437. The smallest absolute Gasteiger partial charge is 0.129 e. The Morgan fingerprint density at radius 1 is 1.21 bits per heavy atom. The lowest BCUT2D eigenvalue weighted by molar-refractivity contribution is 0.380. The Morgan fingerprint density at radius 2 is 2.11 bits per heavy atom. The SMILES string of the molecule is CN(C)CCCn1ccnc1[C@@H]1CCCN(c2ccc3cccc(Cl)c3n2)C1. The van der Waals surface area contributed by atoms with Gasteiger partial charge in [0.1, 0.15) is 11.6 Å². The molecule has 3 heterocycles. The molecule has 0 saturated carbocycles. The van der Waals surface area contributed by atoms with Gasteiger partial charge in [0.2, 0.25) is 0 Å². The summed E-state index contributed by atoms with van der Waals surface area (Å²) in [5.74, 6) is 2.66. The molecule has 1 aliphatic rings. The Kier molecular flexibility index (Phi) is 5.83. The summed E-state index contributed by atoms with van der Waals surface area (Å²) in [6.45, 7) is 4.10. The number of fused-ring (bicyclic) bond motifs is 1. The van der Waals surface area contributed by atoms with Crippen LogP contribution < -0.4 is 4.90 Å². The third kappa shape index (κ3) is 4.15. The second-order valence-electron chi connectivity index (χ2n) is 7.90. The normalized spacial score (nSPS) is 17.6. The molecule has 1 aliphatic heterocycles. The minimum Gasteiger partial charge on any atom is -0.356 e. The first-order chi connectivity index (χ1) is 13.6. The van der Waals surface area contributed by atoms with Crippen LogP contribution >= 0.6 is 11.6 Å². The highest BCUT2D eigenvalue weighted by molar-refractivity contribution is 6.35. The molecule has 0 spiro atoms. The standard InChI is InChI=1S/C22H28ClN5/c1-26(2)12-5-14-27-15-11-24-22(27)18-7-4-13-28(16-18)20-10-9-17-6-3-8-19(23)21(17)25-20/h3,6,8-11,15,18H,4-5,7,12-14,16H2,1-2H3/t18-/m1/s1. The first-order valence-electron chi connectivity index (χ1n) is 10.1. The van der Waals surface area contributed by atoms with E-state index in [0.717, 1.165) is 55.7 Å². The molecule has 4 rings (SSSR count). The largest absolute Gasteiger partial charge is 0.356 e. The Labute approximate surface area is 171 Å². The number of pyridine rings is 1. The molecule has 1 saturated heterocycles. The molecular weight excluding hydrogens is 370 g/mol. The molecule has 1 atom stereocenters. The lowest BCUT2D eigenvalue weighted by atomic mass is 9.97. The minimum atomic E-state index is 0.437. The Morgan fingerprint density at radius 3 is 2.96 bits per heavy atom. The van der Waals surface area contributed by atoms with E-state index in [-0.39, 0.29) is 0 Å². The fourth-order valence-electron chi connectivity index (χ4n) is 4.10. The number of aromatic nitrogens is 3. The van der Waals surface area contributed by atoms with Crippen LogP contribution in [0, 0.1) is 0 Å². The van der Waals surface area contributed by atoms with E-state index in [0.29, 0.717) is 10.9 Å². The van der Waals surface area contributed by atoms with Gasteiger partial charge in [-0.3, -0.25) is 0 Å². The number of anilines is 1. The molecule has 0 bridgehead atoms. The van der Waals surface area contributed by atoms with Gasteiger partial charge in [0.25, 0.3) is 0 Å². The van der Waals surface area contributed by atoms with Crippen LogP contribution in [-0.4, -0.2) is 53.2 Å². The number of nitrogens with zero attached hydrogens (tertiary/aromatic N) is 5. The summed E-state index contributed by atoms with van der Waals surface area (Å²) in [4.78, 5) is 14.2. The third-order valence-corrected chi connectivity index (χ3v) is 5.82. The van der Waals surface area contributed by atoms with E-state index in [4.69, 9.17) is 21.6 Å². The number of para-hydroxylation sites is 1. The molecule has 148 valence electrons. The molecule has 5 nitrogen and oxygen atoms in total. The number of benzene rings is 1. The van der Waals surface area contributed by atoms with Gasteiger partial charge in [-0.1, -0.05) is 23.7 Å². The lowest BCUT2D eigenvalue weighted by Gasteiger charge is -2.33. The van der Waals surface area contributed by atoms with E-state index in [1.807, 2.05) is 18.3 Å². The predicted molar refractivity (Wildman–Crippen MR) is 116 cm³/mol. The fraction of sp³-hybridized carbons (Fsp3) is 0.455. The zero-order valence-electron chi connectivity index (χ0n) is 16.7. The van der Waals surface area contributed by atoms with Gasteiger partial charge in [0.05, 0.1) is 10.5 Å². The maximum atomic E-state index is 6.37. The summed E-state index contributed by atoms with van der Waals surface area (Å²) in [6, 6.07) is 10.2. The van der Waals surface area contributed by atoms with Crippen LogP contribution in [0.2, 0.25) is 5.02 Å². The number of hydrogen-bond acceptors (Lipinski definition) is 4. The van der Waals surface area contributed by atoms with Gasteiger partial charge >= 0.3 is 0 Å². The van der Waals surface area contributed by atoms with Crippen molar-refractivity contribution in [3.8, 4) is 0 Å². The van der Waals surface area contributed by atoms with E-state index in [2.05, 4.69) is 52.9 Å². The van der Waals surface area contributed by atoms with Gasteiger partial charge in [-0.2, -0.15) is 0 Å². The number of piperidine rings is 1. The van der Waals surface area contributed by atoms with Crippen molar-refractivity contribution >= 4 is 28.3 Å². The second-order valence-corrected chi connectivity index (χ2v) is 8.31. The van der Waals surface area contributed by atoms with Crippen LogP contribution in [0.4, 0.5) is 5.82 Å². The van der Waals surface area contributed by atoms with Crippen molar-refractivity contribution in [3.05, 3.63) is 53.6 Å². The van der Waals surface area contributed by atoms with E-state index < -0.39 is 0 Å². The van der Waals surface area contributed by atoms with Gasteiger partial charge in [-0.15, -0.1) is 0 Å². The number of imidazole rings is 1. The molecule has 2 aromatic heterocycles. The molecule has 1 aromatic carbocycles. The average molecular weight is 398 g/mol. The zero-order valence-corrected chi connectivity index (χ0v) is 17.4. The summed E-state index contributed by atoms with van der Waals surface area (Å²) < 4.78 is 2.34. The number of aryl methyl sites for hydroxylation is 1. The third-order valence-electron chi connectivity index (χ3n) is 5.52. The summed E-state index contributed by atoms with van der Waals surface area (Å²) in [6.07, 6.45) is 7.53. The highest BCUT2D eigenvalue weighted by atomic mass is 35.5. The average Bonchev–Trinajstić information content (AvgIpc) is 3.16.